The number of rotatable bonds is 5. The first kappa shape index (κ1) is 24.6. The molecule has 3 heterocycles. The zero-order chi connectivity index (χ0) is 24.7. The van der Waals surface area contributed by atoms with Crippen LogP contribution in [0, 0.1) is 5.82 Å². The molecule has 2 aromatic rings. The molecular formula is C25H37F2N7. The van der Waals surface area contributed by atoms with Gasteiger partial charge in [-0.15, -0.1) is 0 Å². The van der Waals surface area contributed by atoms with Crippen molar-refractivity contribution in [1.82, 2.24) is 19.8 Å². The van der Waals surface area contributed by atoms with Gasteiger partial charge < -0.3 is 15.5 Å². The number of nitrogens with zero attached hydrogens (tertiary/aromatic N) is 5. The highest BCUT2D eigenvalue weighted by molar-refractivity contribution is 5.60. The monoisotopic (exact) mass is 473 g/mol. The summed E-state index contributed by atoms with van der Waals surface area (Å²) in [5.74, 6) is 0.0690. The van der Waals surface area contributed by atoms with E-state index in [0.29, 0.717) is 19.0 Å². The highest BCUT2D eigenvalue weighted by Crippen LogP contribution is 2.38. The molecule has 2 N–H and O–H groups in total. The van der Waals surface area contributed by atoms with Crippen LogP contribution < -0.4 is 15.5 Å². The van der Waals surface area contributed by atoms with Crippen molar-refractivity contribution < 1.29 is 8.78 Å². The van der Waals surface area contributed by atoms with E-state index in [1.807, 2.05) is 29.2 Å². The molecule has 0 aliphatic carbocycles. The summed E-state index contributed by atoms with van der Waals surface area (Å²) >= 11 is 0. The third-order valence-electron chi connectivity index (χ3n) is 7.45. The molecule has 1 aromatic heterocycles. The molecule has 1 atom stereocenters. The molecule has 1 unspecified atom stereocenters. The number of nitrogens with one attached hydrogen (secondary N) is 2. The van der Waals surface area contributed by atoms with Crippen LogP contribution in [0.15, 0.2) is 30.5 Å². The summed E-state index contributed by atoms with van der Waals surface area (Å²) < 4.78 is 28.6. The fraction of sp³-hybridized carbons (Fsp3) is 0.600. The van der Waals surface area contributed by atoms with E-state index in [0.717, 1.165) is 30.8 Å². The molecule has 186 valence electrons. The first-order valence-electron chi connectivity index (χ1n) is 11.9. The van der Waals surface area contributed by atoms with E-state index >= 15 is 0 Å². The van der Waals surface area contributed by atoms with Crippen LogP contribution in [-0.4, -0.2) is 76.9 Å². The van der Waals surface area contributed by atoms with Gasteiger partial charge in [0.1, 0.15) is 0 Å². The van der Waals surface area contributed by atoms with Crippen molar-refractivity contribution in [2.24, 2.45) is 0 Å². The maximum atomic E-state index is 14.6. The summed E-state index contributed by atoms with van der Waals surface area (Å²) in [7, 11) is 3.95. The number of alkyl halides is 1. The van der Waals surface area contributed by atoms with Crippen LogP contribution in [-0.2, 0) is 0 Å². The summed E-state index contributed by atoms with van der Waals surface area (Å²) in [5, 5.41) is 6.48. The molecule has 34 heavy (non-hydrogen) atoms. The summed E-state index contributed by atoms with van der Waals surface area (Å²) in [4.78, 5) is 14.7. The lowest BCUT2D eigenvalue weighted by Gasteiger charge is -2.53. The van der Waals surface area contributed by atoms with Gasteiger partial charge in [-0.25, -0.2) is 13.8 Å². The summed E-state index contributed by atoms with van der Waals surface area (Å²) in [6, 6.07) is 7.81. The van der Waals surface area contributed by atoms with Crippen LogP contribution >= 0.6 is 0 Å². The quantitative estimate of drug-likeness (QED) is 0.622. The topological polar surface area (TPSA) is 59.6 Å². The minimum atomic E-state index is -0.967. The van der Waals surface area contributed by atoms with Crippen LogP contribution in [0.2, 0.25) is 0 Å². The number of aromatic nitrogens is 2. The Bertz CT molecular complexity index is 977. The van der Waals surface area contributed by atoms with Gasteiger partial charge in [0.25, 0.3) is 0 Å². The number of anilines is 4. The van der Waals surface area contributed by atoms with Gasteiger partial charge in [-0.1, -0.05) is 0 Å². The Morgan fingerprint density at radius 1 is 1.00 bits per heavy atom. The number of benzene rings is 1. The SMILES string of the molecule is CN1CCN(c2ccc(Nc3ncc(F)c(NC4CC(C)(C)N(C)C(C)(C)C4)n3)cc2)CC1F. The van der Waals surface area contributed by atoms with Gasteiger partial charge >= 0.3 is 0 Å². The molecule has 0 radical (unpaired) electrons. The van der Waals surface area contributed by atoms with Gasteiger partial charge in [0, 0.05) is 41.6 Å². The maximum Gasteiger partial charge on any atom is 0.229 e. The summed E-state index contributed by atoms with van der Waals surface area (Å²) in [5.41, 5.74) is 1.72. The average molecular weight is 474 g/mol. The van der Waals surface area contributed by atoms with Crippen molar-refractivity contribution in [3.05, 3.63) is 36.3 Å². The van der Waals surface area contributed by atoms with Crippen molar-refractivity contribution >= 4 is 23.1 Å². The van der Waals surface area contributed by atoms with Gasteiger partial charge in [0.2, 0.25) is 5.95 Å². The van der Waals surface area contributed by atoms with Crippen molar-refractivity contribution in [2.75, 3.05) is 49.3 Å². The van der Waals surface area contributed by atoms with Gasteiger partial charge in [0.15, 0.2) is 17.9 Å². The second kappa shape index (κ2) is 9.26. The van der Waals surface area contributed by atoms with E-state index < -0.39 is 12.1 Å². The van der Waals surface area contributed by atoms with E-state index in [4.69, 9.17) is 0 Å². The van der Waals surface area contributed by atoms with Crippen molar-refractivity contribution in [1.29, 1.82) is 0 Å². The van der Waals surface area contributed by atoms with Gasteiger partial charge in [-0.2, -0.15) is 4.98 Å². The number of piperazine rings is 1. The Balaban J connectivity index is 1.43. The molecule has 4 rings (SSSR count). The molecule has 0 spiro atoms. The lowest BCUT2D eigenvalue weighted by atomic mass is 9.77. The number of hydrogen-bond acceptors (Lipinski definition) is 7. The number of likely N-dealkylation sites (N-methyl/N-ethyl adjacent to an activating group) is 1. The Kier molecular flexibility index (Phi) is 6.70. The Morgan fingerprint density at radius 3 is 2.26 bits per heavy atom. The fourth-order valence-electron chi connectivity index (χ4n) is 5.15. The van der Waals surface area contributed by atoms with E-state index in [1.54, 1.807) is 11.9 Å². The summed E-state index contributed by atoms with van der Waals surface area (Å²) in [6.45, 7) is 10.7. The van der Waals surface area contributed by atoms with Crippen LogP contribution in [0.3, 0.4) is 0 Å². The number of likely N-dealkylation sites (tertiary alicyclic amines) is 1. The molecule has 9 heteroatoms. The van der Waals surface area contributed by atoms with Crippen LogP contribution in [0.5, 0.6) is 0 Å². The maximum absolute atomic E-state index is 14.6. The van der Waals surface area contributed by atoms with Crippen molar-refractivity contribution in [2.45, 2.75) is 64.0 Å². The van der Waals surface area contributed by atoms with Crippen LogP contribution in [0.25, 0.3) is 0 Å². The fourth-order valence-corrected chi connectivity index (χ4v) is 5.15. The van der Waals surface area contributed by atoms with E-state index in [-0.39, 0.29) is 22.9 Å². The lowest BCUT2D eigenvalue weighted by Crippen LogP contribution is -2.61. The molecule has 0 saturated carbocycles. The normalized spacial score (nSPS) is 23.6. The van der Waals surface area contributed by atoms with Gasteiger partial charge in [-0.05, 0) is 78.9 Å². The Labute approximate surface area is 201 Å². The smallest absolute Gasteiger partial charge is 0.229 e. The van der Waals surface area contributed by atoms with Crippen LogP contribution in [0.1, 0.15) is 40.5 Å². The highest BCUT2D eigenvalue weighted by atomic mass is 19.1. The first-order chi connectivity index (χ1) is 15.9. The molecule has 2 aliphatic rings. The molecule has 2 fully saturated rings. The van der Waals surface area contributed by atoms with Gasteiger partial charge in [-0.3, -0.25) is 9.80 Å². The summed E-state index contributed by atoms with van der Waals surface area (Å²) in [6.07, 6.45) is 1.99. The number of halogens is 2. The third-order valence-corrected chi connectivity index (χ3v) is 7.45. The molecule has 1 aromatic carbocycles. The van der Waals surface area contributed by atoms with Crippen molar-refractivity contribution in [3.63, 3.8) is 0 Å². The minimum Gasteiger partial charge on any atom is -0.366 e. The minimum absolute atomic E-state index is 0.0162. The number of piperidine rings is 1. The van der Waals surface area contributed by atoms with Gasteiger partial charge in [0.05, 0.1) is 12.7 Å². The van der Waals surface area contributed by atoms with Crippen LogP contribution in [0.4, 0.5) is 31.9 Å². The lowest BCUT2D eigenvalue weighted by molar-refractivity contribution is -0.00778. The predicted octanol–water partition coefficient (Wildman–Crippen LogP) is 4.47. The molecule has 2 aliphatic heterocycles. The standard InChI is InChI=1S/C25H37F2N7/c1-24(2)13-18(14-25(3,4)33(24)6)29-22-20(26)15-28-23(31-22)30-17-7-9-19(10-8-17)34-12-11-32(5)21(27)16-34/h7-10,15,18,21H,11-14,16H2,1-6H3,(H2,28,29,30,31). The Morgan fingerprint density at radius 2 is 1.65 bits per heavy atom. The predicted molar refractivity (Wildman–Crippen MR) is 134 cm³/mol. The molecule has 0 amide bonds. The molecule has 0 bridgehead atoms. The zero-order valence-corrected chi connectivity index (χ0v) is 21.1. The number of hydrogen-bond donors (Lipinski definition) is 2. The second-order valence-corrected chi connectivity index (χ2v) is 10.9. The van der Waals surface area contributed by atoms with E-state index in [9.17, 15) is 8.78 Å². The molecule has 2 saturated heterocycles. The van der Waals surface area contributed by atoms with E-state index in [1.165, 1.54) is 6.20 Å². The Hall–Kier alpha value is -2.52. The molecular weight excluding hydrogens is 436 g/mol. The highest BCUT2D eigenvalue weighted by Gasteiger charge is 2.43. The zero-order valence-electron chi connectivity index (χ0n) is 21.1. The second-order valence-electron chi connectivity index (χ2n) is 10.9. The van der Waals surface area contributed by atoms with Crippen molar-refractivity contribution in [3.8, 4) is 0 Å². The third kappa shape index (κ3) is 5.25. The van der Waals surface area contributed by atoms with E-state index in [2.05, 4.69) is 60.2 Å². The average Bonchev–Trinajstić information content (AvgIpc) is 2.76. The first-order valence-corrected chi connectivity index (χ1v) is 11.9. The largest absolute Gasteiger partial charge is 0.366 e. The molecule has 7 nitrogen and oxygen atoms in total.